The molecule has 1 fully saturated rings. The van der Waals surface area contributed by atoms with Crippen LogP contribution in [-0.2, 0) is 0 Å². The number of anilines is 1. The minimum absolute atomic E-state index is 0.0486. The zero-order valence-corrected chi connectivity index (χ0v) is 17.5. The maximum absolute atomic E-state index is 12.5. The number of piperazine rings is 1. The number of hydrogen-bond acceptors (Lipinski definition) is 7. The van der Waals surface area contributed by atoms with Crippen LogP contribution in [0.25, 0.3) is 28.1 Å². The van der Waals surface area contributed by atoms with Crippen molar-refractivity contribution in [3.05, 3.63) is 36.7 Å². The Morgan fingerprint density at radius 2 is 2.06 bits per heavy atom. The Balaban J connectivity index is 1.52. The number of aromatic nitrogens is 4. The topological polar surface area (TPSA) is 80.7 Å². The van der Waals surface area contributed by atoms with Crippen LogP contribution >= 0.6 is 0 Å². The molecule has 5 rings (SSSR count). The number of hydrogen-bond donors (Lipinski definition) is 1. The fourth-order valence-electron chi connectivity index (χ4n) is 3.91. The number of pyridine rings is 1. The van der Waals surface area contributed by atoms with Crippen molar-refractivity contribution < 1.29 is 22.3 Å². The van der Waals surface area contributed by atoms with Gasteiger partial charge in [0.2, 0.25) is 5.88 Å². The van der Waals surface area contributed by atoms with Crippen LogP contribution in [0.3, 0.4) is 0 Å². The van der Waals surface area contributed by atoms with Gasteiger partial charge in [-0.1, -0.05) is 0 Å². The molecule has 4 aromatic rings. The van der Waals surface area contributed by atoms with E-state index in [4.69, 9.17) is 9.15 Å². The first-order valence-corrected chi connectivity index (χ1v) is 10.1. The van der Waals surface area contributed by atoms with Gasteiger partial charge in [-0.3, -0.25) is 0 Å². The highest BCUT2D eigenvalue weighted by Crippen LogP contribution is 2.34. The first-order valence-electron chi connectivity index (χ1n) is 10.1. The molecule has 5 heterocycles. The van der Waals surface area contributed by atoms with Crippen molar-refractivity contribution in [1.82, 2.24) is 24.9 Å². The molecule has 0 bridgehead atoms. The summed E-state index contributed by atoms with van der Waals surface area (Å²) in [4.78, 5) is 11.1. The molecular formula is C21H21F3N6O2. The predicted octanol–water partition coefficient (Wildman–Crippen LogP) is 3.67. The van der Waals surface area contributed by atoms with E-state index >= 15 is 0 Å². The molecular weight excluding hydrogens is 425 g/mol. The first-order chi connectivity index (χ1) is 15.2. The summed E-state index contributed by atoms with van der Waals surface area (Å²) in [5, 5.41) is 8.48. The smallest absolute Gasteiger partial charge is 0.422 e. The van der Waals surface area contributed by atoms with E-state index < -0.39 is 12.8 Å². The van der Waals surface area contributed by atoms with Gasteiger partial charge in [-0.05, 0) is 32.0 Å². The third-order valence-electron chi connectivity index (χ3n) is 5.27. The van der Waals surface area contributed by atoms with E-state index in [1.54, 1.807) is 24.5 Å². The van der Waals surface area contributed by atoms with Crippen LogP contribution in [0.5, 0.6) is 5.88 Å². The predicted molar refractivity (Wildman–Crippen MR) is 112 cm³/mol. The molecule has 0 spiro atoms. The molecule has 8 nitrogen and oxygen atoms in total. The van der Waals surface area contributed by atoms with Crippen molar-refractivity contribution in [3.8, 4) is 17.3 Å². The lowest BCUT2D eigenvalue weighted by atomic mass is 10.0. The minimum Gasteiger partial charge on any atom is -0.467 e. The van der Waals surface area contributed by atoms with Crippen molar-refractivity contribution >= 4 is 22.4 Å². The van der Waals surface area contributed by atoms with Crippen molar-refractivity contribution in [3.63, 3.8) is 0 Å². The first kappa shape index (κ1) is 20.6. The third kappa shape index (κ3) is 3.95. The van der Waals surface area contributed by atoms with Gasteiger partial charge in [0, 0.05) is 37.4 Å². The van der Waals surface area contributed by atoms with E-state index in [1.165, 1.54) is 10.6 Å². The van der Waals surface area contributed by atoms with E-state index in [9.17, 15) is 13.2 Å². The zero-order chi connectivity index (χ0) is 22.5. The second-order valence-electron chi connectivity index (χ2n) is 8.38. The normalized spacial score (nSPS) is 16.7. The van der Waals surface area contributed by atoms with Gasteiger partial charge < -0.3 is 19.4 Å². The van der Waals surface area contributed by atoms with Gasteiger partial charge in [-0.2, -0.15) is 13.2 Å². The van der Waals surface area contributed by atoms with Gasteiger partial charge in [0.1, 0.15) is 17.1 Å². The quantitative estimate of drug-likeness (QED) is 0.512. The number of halogens is 3. The average Bonchev–Trinajstić information content (AvgIpc) is 3.34. The number of fused-ring (bicyclic) bond motifs is 2. The summed E-state index contributed by atoms with van der Waals surface area (Å²) in [6.07, 6.45) is -1.18. The van der Waals surface area contributed by atoms with Gasteiger partial charge >= 0.3 is 6.18 Å². The van der Waals surface area contributed by atoms with Crippen LogP contribution < -0.4 is 15.0 Å². The largest absolute Gasteiger partial charge is 0.467 e. The highest BCUT2D eigenvalue weighted by Gasteiger charge is 2.29. The van der Waals surface area contributed by atoms with E-state index in [1.807, 2.05) is 6.07 Å². The lowest BCUT2D eigenvalue weighted by Crippen LogP contribution is -2.57. The van der Waals surface area contributed by atoms with Gasteiger partial charge in [-0.25, -0.2) is 14.5 Å². The molecule has 1 aliphatic rings. The standard InChI is InChI=1S/C21H21F3N6O2/c1-20(2)11-29(8-7-27-20)19-13-9-16(32-15(13)5-6-25-19)14-10-26-17-3-4-18(28-30(14)17)31-12-21(22,23)24/h3-6,9-10,27H,7-8,11-12H2,1-2H3. The summed E-state index contributed by atoms with van der Waals surface area (Å²) in [5.74, 6) is 1.15. The van der Waals surface area contributed by atoms with Crippen molar-refractivity contribution in [1.29, 1.82) is 0 Å². The molecule has 0 radical (unpaired) electrons. The zero-order valence-electron chi connectivity index (χ0n) is 17.5. The second kappa shape index (κ2) is 7.37. The molecule has 0 unspecified atom stereocenters. The molecule has 1 aliphatic heterocycles. The Morgan fingerprint density at radius 1 is 1.22 bits per heavy atom. The summed E-state index contributed by atoms with van der Waals surface area (Å²) in [5.41, 5.74) is 1.57. The molecule has 168 valence electrons. The van der Waals surface area contributed by atoms with Crippen molar-refractivity contribution in [2.75, 3.05) is 31.1 Å². The maximum Gasteiger partial charge on any atom is 0.422 e. The third-order valence-corrected chi connectivity index (χ3v) is 5.27. The molecule has 0 atom stereocenters. The molecule has 1 N–H and O–H groups in total. The number of nitrogens with one attached hydrogen (secondary N) is 1. The van der Waals surface area contributed by atoms with Crippen LogP contribution in [0.15, 0.2) is 41.1 Å². The molecule has 32 heavy (non-hydrogen) atoms. The van der Waals surface area contributed by atoms with E-state index in [-0.39, 0.29) is 11.4 Å². The molecule has 0 aromatic carbocycles. The number of alkyl halides is 3. The Kier molecular flexibility index (Phi) is 4.73. The van der Waals surface area contributed by atoms with E-state index in [0.717, 1.165) is 30.8 Å². The Labute approximate surface area is 181 Å². The average molecular weight is 446 g/mol. The van der Waals surface area contributed by atoms with E-state index in [0.29, 0.717) is 22.7 Å². The van der Waals surface area contributed by atoms with Crippen molar-refractivity contribution in [2.45, 2.75) is 25.6 Å². The van der Waals surface area contributed by atoms with Crippen LogP contribution in [0.1, 0.15) is 13.8 Å². The van der Waals surface area contributed by atoms with Gasteiger partial charge in [0.05, 0.1) is 11.6 Å². The Morgan fingerprint density at radius 3 is 2.84 bits per heavy atom. The van der Waals surface area contributed by atoms with Gasteiger partial charge in [-0.15, -0.1) is 5.10 Å². The molecule has 0 amide bonds. The van der Waals surface area contributed by atoms with Crippen LogP contribution in [0, 0.1) is 0 Å². The number of ether oxygens (including phenoxy) is 1. The number of furan rings is 1. The lowest BCUT2D eigenvalue weighted by Gasteiger charge is -2.39. The van der Waals surface area contributed by atoms with Gasteiger partial charge in [0.25, 0.3) is 0 Å². The molecule has 0 saturated carbocycles. The molecule has 0 aliphatic carbocycles. The second-order valence-corrected chi connectivity index (χ2v) is 8.38. The highest BCUT2D eigenvalue weighted by molar-refractivity contribution is 5.92. The molecule has 1 saturated heterocycles. The summed E-state index contributed by atoms with van der Waals surface area (Å²) in [6, 6.07) is 6.54. The highest BCUT2D eigenvalue weighted by atomic mass is 19.4. The fraction of sp³-hybridized carbons (Fsp3) is 0.381. The van der Waals surface area contributed by atoms with Crippen LogP contribution in [-0.4, -0.2) is 57.5 Å². The molecule has 11 heteroatoms. The SMILES string of the molecule is CC1(C)CN(c2nccc3oc(-c4cnc5ccc(OCC(F)(F)F)nn45)cc23)CCN1. The Hall–Kier alpha value is -3.34. The summed E-state index contributed by atoms with van der Waals surface area (Å²) in [6.45, 7) is 5.30. The number of rotatable bonds is 4. The number of nitrogens with zero attached hydrogens (tertiary/aromatic N) is 5. The summed E-state index contributed by atoms with van der Waals surface area (Å²) in [7, 11) is 0. The summed E-state index contributed by atoms with van der Waals surface area (Å²) >= 11 is 0. The minimum atomic E-state index is -4.45. The maximum atomic E-state index is 12.5. The fourth-order valence-corrected chi connectivity index (χ4v) is 3.91. The van der Waals surface area contributed by atoms with Crippen LogP contribution in [0.4, 0.5) is 19.0 Å². The lowest BCUT2D eigenvalue weighted by molar-refractivity contribution is -0.154. The van der Waals surface area contributed by atoms with Crippen LogP contribution in [0.2, 0.25) is 0 Å². The van der Waals surface area contributed by atoms with Gasteiger partial charge in [0.15, 0.2) is 18.0 Å². The van der Waals surface area contributed by atoms with E-state index in [2.05, 4.69) is 39.1 Å². The monoisotopic (exact) mass is 446 g/mol. The molecule has 4 aromatic heterocycles. The summed E-state index contributed by atoms with van der Waals surface area (Å²) < 4.78 is 49.7. The van der Waals surface area contributed by atoms with Crippen molar-refractivity contribution in [2.24, 2.45) is 0 Å². The number of imidazole rings is 1. The Bertz CT molecular complexity index is 1280.